The van der Waals surface area contributed by atoms with Gasteiger partial charge in [0.1, 0.15) is 5.75 Å². The highest BCUT2D eigenvalue weighted by Gasteiger charge is 2.07. The summed E-state index contributed by atoms with van der Waals surface area (Å²) in [6, 6.07) is 12.1. The summed E-state index contributed by atoms with van der Waals surface area (Å²) in [6.45, 7) is -0.245. The highest BCUT2D eigenvalue weighted by molar-refractivity contribution is 5.92. The van der Waals surface area contributed by atoms with Crippen LogP contribution in [0.3, 0.4) is 0 Å². The average Bonchev–Trinajstić information content (AvgIpc) is 2.56. The van der Waals surface area contributed by atoms with Gasteiger partial charge in [-0.2, -0.15) is 0 Å². The second kappa shape index (κ2) is 6.39. The number of halogens is 2. The Kier molecular flexibility index (Phi) is 4.14. The third-order valence-electron chi connectivity index (χ3n) is 3.15. The Labute approximate surface area is 130 Å². The lowest BCUT2D eigenvalue weighted by Crippen LogP contribution is -2.20. The molecule has 0 saturated carbocycles. The van der Waals surface area contributed by atoms with Gasteiger partial charge in [0, 0.05) is 23.3 Å². The minimum absolute atomic E-state index is 0.167. The van der Waals surface area contributed by atoms with E-state index in [1.165, 1.54) is 6.07 Å². The zero-order valence-electron chi connectivity index (χ0n) is 11.9. The standard InChI is InChI=1S/C17H12F2N2O2/c18-14-5-3-12(9-15(14)19)21-17(22)10-23-13-4-6-16-11(8-13)2-1-7-20-16/h1-9H,10H2,(H,21,22). The number of benzene rings is 2. The number of amides is 1. The Bertz CT molecular complexity index is 868. The Balaban J connectivity index is 1.62. The van der Waals surface area contributed by atoms with E-state index in [4.69, 9.17) is 4.74 Å². The molecule has 0 radical (unpaired) electrons. The van der Waals surface area contributed by atoms with Gasteiger partial charge in [-0.1, -0.05) is 6.07 Å². The van der Waals surface area contributed by atoms with Crippen LogP contribution in [0, 0.1) is 11.6 Å². The maximum absolute atomic E-state index is 13.1. The van der Waals surface area contributed by atoms with Crippen molar-refractivity contribution in [3.05, 3.63) is 66.4 Å². The molecular weight excluding hydrogens is 302 g/mol. The number of aromatic nitrogens is 1. The number of nitrogens with one attached hydrogen (secondary N) is 1. The van der Waals surface area contributed by atoms with Crippen LogP contribution in [0.4, 0.5) is 14.5 Å². The van der Waals surface area contributed by atoms with Crippen molar-refractivity contribution in [2.24, 2.45) is 0 Å². The molecule has 116 valence electrons. The molecule has 0 aliphatic rings. The summed E-state index contributed by atoms with van der Waals surface area (Å²) in [4.78, 5) is 16.0. The van der Waals surface area contributed by atoms with Gasteiger partial charge < -0.3 is 10.1 Å². The van der Waals surface area contributed by atoms with Crippen LogP contribution in [0.2, 0.25) is 0 Å². The number of pyridine rings is 1. The zero-order valence-corrected chi connectivity index (χ0v) is 11.9. The molecular formula is C17H12F2N2O2. The Hall–Kier alpha value is -3.02. The summed E-state index contributed by atoms with van der Waals surface area (Å²) in [5, 5.41) is 3.33. The SMILES string of the molecule is O=C(COc1ccc2ncccc2c1)Nc1ccc(F)c(F)c1. The molecule has 1 N–H and O–H groups in total. The van der Waals surface area contributed by atoms with E-state index < -0.39 is 17.5 Å². The second-order valence-electron chi connectivity index (χ2n) is 4.82. The quantitative estimate of drug-likeness (QED) is 0.801. The van der Waals surface area contributed by atoms with Gasteiger partial charge in [-0.15, -0.1) is 0 Å². The molecule has 2 aromatic carbocycles. The van der Waals surface area contributed by atoms with Crippen LogP contribution in [-0.4, -0.2) is 17.5 Å². The minimum atomic E-state index is -1.02. The average molecular weight is 314 g/mol. The summed E-state index contributed by atoms with van der Waals surface area (Å²) in [6.07, 6.45) is 1.69. The van der Waals surface area contributed by atoms with Crippen LogP contribution >= 0.6 is 0 Å². The van der Waals surface area contributed by atoms with Gasteiger partial charge in [0.05, 0.1) is 5.52 Å². The summed E-state index contributed by atoms with van der Waals surface area (Å²) in [5.41, 5.74) is 0.992. The van der Waals surface area contributed by atoms with E-state index in [9.17, 15) is 13.6 Å². The molecule has 1 aromatic heterocycles. The van der Waals surface area contributed by atoms with E-state index in [0.717, 1.165) is 23.0 Å². The molecule has 1 amide bonds. The summed E-state index contributed by atoms with van der Waals surface area (Å²) < 4.78 is 31.3. The Morgan fingerprint density at radius 3 is 2.78 bits per heavy atom. The molecule has 4 nitrogen and oxygen atoms in total. The van der Waals surface area contributed by atoms with E-state index in [1.54, 1.807) is 24.4 Å². The van der Waals surface area contributed by atoms with Crippen molar-refractivity contribution < 1.29 is 18.3 Å². The molecule has 0 aliphatic carbocycles. The molecule has 0 unspecified atom stereocenters. The highest BCUT2D eigenvalue weighted by Crippen LogP contribution is 2.19. The maximum atomic E-state index is 13.1. The molecule has 23 heavy (non-hydrogen) atoms. The van der Waals surface area contributed by atoms with Crippen molar-refractivity contribution in [1.29, 1.82) is 0 Å². The summed E-state index contributed by atoms with van der Waals surface area (Å²) in [7, 11) is 0. The second-order valence-corrected chi connectivity index (χ2v) is 4.82. The fourth-order valence-electron chi connectivity index (χ4n) is 2.06. The molecule has 0 fully saturated rings. The van der Waals surface area contributed by atoms with Crippen LogP contribution in [-0.2, 0) is 4.79 Å². The molecule has 0 spiro atoms. The van der Waals surface area contributed by atoms with Gasteiger partial charge in [0.2, 0.25) is 0 Å². The van der Waals surface area contributed by atoms with Crippen molar-refractivity contribution in [3.63, 3.8) is 0 Å². The first kappa shape index (κ1) is 14.9. The number of carbonyl (C=O) groups excluding carboxylic acids is 1. The van der Waals surface area contributed by atoms with E-state index in [2.05, 4.69) is 10.3 Å². The van der Waals surface area contributed by atoms with Gasteiger partial charge in [-0.05, 0) is 36.4 Å². The van der Waals surface area contributed by atoms with Gasteiger partial charge in [-0.25, -0.2) is 8.78 Å². The third kappa shape index (κ3) is 3.60. The maximum Gasteiger partial charge on any atom is 0.262 e. The van der Waals surface area contributed by atoms with Crippen molar-refractivity contribution in [2.45, 2.75) is 0 Å². The molecule has 3 aromatic rings. The molecule has 1 heterocycles. The molecule has 0 aliphatic heterocycles. The van der Waals surface area contributed by atoms with Crippen LogP contribution in [0.25, 0.3) is 10.9 Å². The Morgan fingerprint density at radius 1 is 1.09 bits per heavy atom. The molecule has 0 atom stereocenters. The smallest absolute Gasteiger partial charge is 0.262 e. The number of nitrogens with zero attached hydrogens (tertiary/aromatic N) is 1. The number of anilines is 1. The number of carbonyl (C=O) groups is 1. The Morgan fingerprint density at radius 2 is 1.96 bits per heavy atom. The van der Waals surface area contributed by atoms with Crippen LogP contribution < -0.4 is 10.1 Å². The van der Waals surface area contributed by atoms with E-state index in [0.29, 0.717) is 5.75 Å². The molecule has 6 heteroatoms. The van der Waals surface area contributed by atoms with E-state index in [-0.39, 0.29) is 12.3 Å². The number of hydrogen-bond donors (Lipinski definition) is 1. The molecule has 3 rings (SSSR count). The lowest BCUT2D eigenvalue weighted by atomic mass is 10.2. The van der Waals surface area contributed by atoms with Crippen LogP contribution in [0.5, 0.6) is 5.75 Å². The van der Waals surface area contributed by atoms with Crippen molar-refractivity contribution in [3.8, 4) is 5.75 Å². The minimum Gasteiger partial charge on any atom is -0.484 e. The zero-order chi connectivity index (χ0) is 16.2. The highest BCUT2D eigenvalue weighted by atomic mass is 19.2. The predicted molar refractivity (Wildman–Crippen MR) is 82.2 cm³/mol. The van der Waals surface area contributed by atoms with Gasteiger partial charge in [0.25, 0.3) is 5.91 Å². The third-order valence-corrected chi connectivity index (χ3v) is 3.15. The molecule has 0 saturated heterocycles. The fraction of sp³-hybridized carbons (Fsp3) is 0.0588. The monoisotopic (exact) mass is 314 g/mol. The first-order valence-corrected chi connectivity index (χ1v) is 6.84. The normalized spacial score (nSPS) is 10.5. The van der Waals surface area contributed by atoms with Crippen molar-refractivity contribution >= 4 is 22.5 Å². The topological polar surface area (TPSA) is 51.2 Å². The van der Waals surface area contributed by atoms with E-state index in [1.807, 2.05) is 12.1 Å². The first-order chi connectivity index (χ1) is 11.1. The summed E-state index contributed by atoms with van der Waals surface area (Å²) >= 11 is 0. The van der Waals surface area contributed by atoms with Gasteiger partial charge in [0.15, 0.2) is 18.2 Å². The van der Waals surface area contributed by atoms with E-state index >= 15 is 0 Å². The number of rotatable bonds is 4. The number of fused-ring (bicyclic) bond motifs is 1. The molecule has 0 bridgehead atoms. The lowest BCUT2D eigenvalue weighted by Gasteiger charge is -2.08. The fourth-order valence-corrected chi connectivity index (χ4v) is 2.06. The lowest BCUT2D eigenvalue weighted by molar-refractivity contribution is -0.118. The predicted octanol–water partition coefficient (Wildman–Crippen LogP) is 3.53. The van der Waals surface area contributed by atoms with Gasteiger partial charge >= 0.3 is 0 Å². The first-order valence-electron chi connectivity index (χ1n) is 6.84. The summed E-state index contributed by atoms with van der Waals surface area (Å²) in [5.74, 6) is -1.94. The van der Waals surface area contributed by atoms with Crippen molar-refractivity contribution in [1.82, 2.24) is 4.98 Å². The van der Waals surface area contributed by atoms with Crippen molar-refractivity contribution in [2.75, 3.05) is 11.9 Å². The number of ether oxygens (including phenoxy) is 1. The number of hydrogen-bond acceptors (Lipinski definition) is 3. The van der Waals surface area contributed by atoms with Gasteiger partial charge in [-0.3, -0.25) is 9.78 Å². The van der Waals surface area contributed by atoms with Crippen LogP contribution in [0.1, 0.15) is 0 Å². The largest absolute Gasteiger partial charge is 0.484 e. The van der Waals surface area contributed by atoms with Crippen LogP contribution in [0.15, 0.2) is 54.7 Å².